The van der Waals surface area contributed by atoms with Crippen molar-refractivity contribution in [3.63, 3.8) is 0 Å². The van der Waals surface area contributed by atoms with Crippen molar-refractivity contribution in [2.45, 2.75) is 19.6 Å². The van der Waals surface area contributed by atoms with Crippen LogP contribution in [0.3, 0.4) is 0 Å². The number of benzene rings is 4. The summed E-state index contributed by atoms with van der Waals surface area (Å²) in [4.78, 5) is 12.5. The summed E-state index contributed by atoms with van der Waals surface area (Å²) in [5, 5.41) is 8.91. The third-order valence-corrected chi connectivity index (χ3v) is 10.8. The Morgan fingerprint density at radius 1 is 0.730 bits per heavy atom. The largest absolute Gasteiger partial charge is 0.465 e. The Bertz CT molecular complexity index is 1340. The molecule has 0 aliphatic rings. The minimum absolute atomic E-state index is 0.0749. The van der Waals surface area contributed by atoms with E-state index in [0.717, 1.165) is 23.1 Å². The first-order chi connectivity index (χ1) is 18.2. The van der Waals surface area contributed by atoms with E-state index in [2.05, 4.69) is 109 Å². The van der Waals surface area contributed by atoms with Gasteiger partial charge in [-0.1, -0.05) is 84.9 Å². The smallest absolute Gasteiger partial charge is 0.327 e. The van der Waals surface area contributed by atoms with E-state index in [0.29, 0.717) is 6.61 Å². The van der Waals surface area contributed by atoms with Crippen LogP contribution in [0.15, 0.2) is 127 Å². The quantitative estimate of drug-likeness (QED) is 0.193. The highest BCUT2D eigenvalue weighted by molar-refractivity contribution is 7.95. The van der Waals surface area contributed by atoms with Crippen LogP contribution < -0.4 is 15.9 Å². The molecule has 0 bridgehead atoms. The zero-order valence-electron chi connectivity index (χ0n) is 20.9. The van der Waals surface area contributed by atoms with Gasteiger partial charge in [-0.25, -0.2) is 0 Å². The van der Waals surface area contributed by atoms with Gasteiger partial charge in [0.15, 0.2) is 0 Å². The number of ether oxygens (including phenoxy) is 1. The molecule has 4 aromatic carbocycles. The molecule has 5 rings (SSSR count). The second-order valence-corrected chi connectivity index (χ2v) is 12.3. The predicted molar refractivity (Wildman–Crippen MR) is 153 cm³/mol. The SMILES string of the molecule is CCOC(=O)Cn1nc(C[P+](c2ccccc2)(c2ccccc2)c2ccccc2)cc1-c1ccccc1. The third-order valence-electron chi connectivity index (χ3n) is 6.47. The van der Waals surface area contributed by atoms with Crippen LogP contribution in [0.2, 0.25) is 0 Å². The van der Waals surface area contributed by atoms with Crippen LogP contribution >= 0.6 is 7.26 Å². The van der Waals surface area contributed by atoms with Gasteiger partial charge < -0.3 is 4.74 Å². The number of hydrogen-bond acceptors (Lipinski definition) is 3. The van der Waals surface area contributed by atoms with E-state index in [1.807, 2.05) is 25.1 Å². The van der Waals surface area contributed by atoms with Gasteiger partial charge in [-0.05, 0) is 55.0 Å². The fourth-order valence-electron chi connectivity index (χ4n) is 4.85. The molecule has 0 spiro atoms. The van der Waals surface area contributed by atoms with Gasteiger partial charge in [0.1, 0.15) is 41.6 Å². The zero-order chi connectivity index (χ0) is 25.5. The van der Waals surface area contributed by atoms with E-state index in [-0.39, 0.29) is 12.5 Å². The van der Waals surface area contributed by atoms with Crippen molar-refractivity contribution in [3.8, 4) is 11.3 Å². The Balaban J connectivity index is 1.69. The van der Waals surface area contributed by atoms with Crippen LogP contribution in [0.25, 0.3) is 11.3 Å². The normalized spacial score (nSPS) is 11.3. The van der Waals surface area contributed by atoms with Gasteiger partial charge in [0.25, 0.3) is 0 Å². The van der Waals surface area contributed by atoms with Crippen molar-refractivity contribution in [2.75, 3.05) is 6.61 Å². The highest BCUT2D eigenvalue weighted by Crippen LogP contribution is 2.58. The molecule has 4 nitrogen and oxygen atoms in total. The minimum atomic E-state index is -2.11. The van der Waals surface area contributed by atoms with Gasteiger partial charge >= 0.3 is 5.97 Å². The first-order valence-electron chi connectivity index (χ1n) is 12.5. The molecule has 5 aromatic rings. The van der Waals surface area contributed by atoms with E-state index < -0.39 is 7.26 Å². The maximum absolute atomic E-state index is 12.5. The molecular formula is C32H30N2O2P+. The lowest BCUT2D eigenvalue weighted by Gasteiger charge is -2.27. The molecule has 184 valence electrons. The molecular weight excluding hydrogens is 475 g/mol. The Kier molecular flexibility index (Phi) is 7.58. The van der Waals surface area contributed by atoms with Gasteiger partial charge in [-0.2, -0.15) is 5.10 Å². The molecule has 0 atom stereocenters. The van der Waals surface area contributed by atoms with Gasteiger partial charge in [0, 0.05) is 0 Å². The second-order valence-electron chi connectivity index (χ2n) is 8.82. The first-order valence-corrected chi connectivity index (χ1v) is 14.5. The fourth-order valence-corrected chi connectivity index (χ4v) is 8.98. The van der Waals surface area contributed by atoms with Crippen molar-refractivity contribution >= 4 is 29.1 Å². The fraction of sp³-hybridized carbons (Fsp3) is 0.125. The van der Waals surface area contributed by atoms with Gasteiger partial charge in [-0.15, -0.1) is 0 Å². The van der Waals surface area contributed by atoms with Crippen molar-refractivity contribution in [3.05, 3.63) is 133 Å². The summed E-state index contributed by atoms with van der Waals surface area (Å²) in [6.45, 7) is 2.24. The Hall–Kier alpha value is -4.01. The predicted octanol–water partition coefficient (Wildman–Crippen LogP) is 5.61. The maximum Gasteiger partial charge on any atom is 0.327 e. The van der Waals surface area contributed by atoms with Gasteiger partial charge in [0.2, 0.25) is 0 Å². The summed E-state index contributed by atoms with van der Waals surface area (Å²) in [6.07, 6.45) is 0.737. The molecule has 1 aromatic heterocycles. The Morgan fingerprint density at radius 3 is 1.65 bits per heavy atom. The molecule has 1 heterocycles. The summed E-state index contributed by atoms with van der Waals surface area (Å²) in [5.74, 6) is -0.287. The molecule has 0 unspecified atom stereocenters. The Labute approximate surface area is 218 Å². The highest BCUT2D eigenvalue weighted by atomic mass is 31.2. The molecule has 5 heteroatoms. The van der Waals surface area contributed by atoms with Crippen molar-refractivity contribution < 1.29 is 9.53 Å². The van der Waals surface area contributed by atoms with Crippen LogP contribution in [-0.4, -0.2) is 22.4 Å². The van der Waals surface area contributed by atoms with Crippen molar-refractivity contribution in [2.24, 2.45) is 0 Å². The van der Waals surface area contributed by atoms with Crippen LogP contribution in [0.4, 0.5) is 0 Å². The molecule has 0 saturated heterocycles. The van der Waals surface area contributed by atoms with Crippen LogP contribution in [0.5, 0.6) is 0 Å². The average molecular weight is 506 g/mol. The first kappa shape index (κ1) is 24.7. The van der Waals surface area contributed by atoms with Crippen LogP contribution in [0.1, 0.15) is 12.6 Å². The number of rotatable bonds is 9. The lowest BCUT2D eigenvalue weighted by Crippen LogP contribution is -2.32. The van der Waals surface area contributed by atoms with Crippen LogP contribution in [0, 0.1) is 0 Å². The average Bonchev–Trinajstić information content (AvgIpc) is 3.35. The third kappa shape index (κ3) is 5.26. The van der Waals surface area contributed by atoms with Gasteiger partial charge in [0.05, 0.1) is 12.3 Å². The monoisotopic (exact) mass is 505 g/mol. The van der Waals surface area contributed by atoms with E-state index in [9.17, 15) is 4.79 Å². The molecule has 0 fully saturated rings. The molecule has 0 radical (unpaired) electrons. The number of hydrogen-bond donors (Lipinski definition) is 0. The van der Waals surface area contributed by atoms with E-state index in [1.165, 1.54) is 15.9 Å². The number of esters is 1. The molecule has 0 saturated carbocycles. The number of carbonyl (C=O) groups is 1. The number of nitrogens with zero attached hydrogens (tertiary/aromatic N) is 2. The number of carbonyl (C=O) groups excluding carboxylic acids is 1. The van der Waals surface area contributed by atoms with Crippen LogP contribution in [-0.2, 0) is 22.2 Å². The van der Waals surface area contributed by atoms with E-state index in [4.69, 9.17) is 9.84 Å². The van der Waals surface area contributed by atoms with E-state index >= 15 is 0 Å². The lowest BCUT2D eigenvalue weighted by molar-refractivity contribution is -0.144. The maximum atomic E-state index is 12.5. The molecule has 0 aliphatic heterocycles. The molecule has 0 amide bonds. The summed E-state index contributed by atoms with van der Waals surface area (Å²) in [7, 11) is -2.11. The van der Waals surface area contributed by atoms with Gasteiger partial charge in [-0.3, -0.25) is 9.48 Å². The molecule has 0 N–H and O–H groups in total. The summed E-state index contributed by atoms with van der Waals surface area (Å²) in [5.41, 5.74) is 2.89. The minimum Gasteiger partial charge on any atom is -0.465 e. The summed E-state index contributed by atoms with van der Waals surface area (Å²) < 4.78 is 7.05. The second kappa shape index (κ2) is 11.4. The highest BCUT2D eigenvalue weighted by Gasteiger charge is 2.46. The van der Waals surface area contributed by atoms with Crippen molar-refractivity contribution in [1.82, 2.24) is 9.78 Å². The summed E-state index contributed by atoms with van der Waals surface area (Å²) >= 11 is 0. The topological polar surface area (TPSA) is 44.1 Å². The van der Waals surface area contributed by atoms with Crippen molar-refractivity contribution in [1.29, 1.82) is 0 Å². The standard InChI is InChI=1S/C32H30N2O2P/c1-2-36-32(35)24-34-31(26-15-7-3-8-16-26)23-27(33-34)25-37(28-17-9-4-10-18-28,29-19-11-5-12-20-29)30-21-13-6-14-22-30/h3-23H,2,24-25H2,1H3/q+1. The Morgan fingerprint density at radius 2 is 1.19 bits per heavy atom. The summed E-state index contributed by atoms with van der Waals surface area (Å²) in [6, 6.07) is 44.6. The molecule has 37 heavy (non-hydrogen) atoms. The van der Waals surface area contributed by atoms with E-state index in [1.54, 1.807) is 4.68 Å². The molecule has 0 aliphatic carbocycles. The lowest BCUT2D eigenvalue weighted by atomic mass is 10.1. The zero-order valence-corrected chi connectivity index (χ0v) is 21.8. The number of aromatic nitrogens is 2.